The van der Waals surface area contributed by atoms with Gasteiger partial charge in [0.2, 0.25) is 0 Å². The molecular weight excluding hydrogens is 602 g/mol. The lowest BCUT2D eigenvalue weighted by molar-refractivity contribution is -0.393. The number of nitrogens with two attached hydrogens (primary N) is 1. The van der Waals surface area contributed by atoms with Crippen molar-refractivity contribution >= 4 is 6.03 Å². The van der Waals surface area contributed by atoms with Crippen molar-refractivity contribution in [3.63, 3.8) is 0 Å². The summed E-state index contributed by atoms with van der Waals surface area (Å²) in [4.78, 5) is 11.9. The van der Waals surface area contributed by atoms with E-state index in [1.807, 2.05) is 0 Å². The number of carbonyl (C=O) groups is 1. The van der Waals surface area contributed by atoms with Gasteiger partial charge in [-0.2, -0.15) is 0 Å². The maximum absolute atomic E-state index is 11.9. The first-order chi connectivity index (χ1) is 21.0. The molecule has 15 atom stereocenters. The highest BCUT2D eigenvalue weighted by Crippen LogP contribution is 2.33. The molecule has 0 aromatic rings. The topological polar surface area (TPSA) is 325 Å². The van der Waals surface area contributed by atoms with Gasteiger partial charge in [-0.3, -0.25) is 0 Å². The molecular formula is C24H45N3O17. The van der Waals surface area contributed by atoms with Gasteiger partial charge in [0, 0.05) is 13.1 Å². The van der Waals surface area contributed by atoms with Crippen LogP contribution in [0.3, 0.4) is 0 Å². The van der Waals surface area contributed by atoms with Crippen LogP contribution in [-0.4, -0.2) is 195 Å². The zero-order valence-electron chi connectivity index (χ0n) is 23.7. The zero-order valence-corrected chi connectivity index (χ0v) is 23.7. The number of nitrogens with one attached hydrogen (secondary N) is 2. The molecule has 3 saturated heterocycles. The number of hydrogen-bond donors (Lipinski definition) is 13. The zero-order chi connectivity index (χ0) is 32.6. The van der Waals surface area contributed by atoms with Gasteiger partial charge in [-0.25, -0.2) is 4.79 Å². The van der Waals surface area contributed by atoms with Crippen molar-refractivity contribution in [2.24, 2.45) is 5.73 Å². The van der Waals surface area contributed by atoms with Crippen LogP contribution in [0.4, 0.5) is 4.79 Å². The van der Waals surface area contributed by atoms with Gasteiger partial charge in [-0.05, 0) is 13.0 Å². The van der Waals surface area contributed by atoms with Crippen LogP contribution in [0, 0.1) is 0 Å². The minimum atomic E-state index is -1.92. The lowest BCUT2D eigenvalue weighted by Crippen LogP contribution is -2.67. The van der Waals surface area contributed by atoms with E-state index in [0.717, 1.165) is 0 Å². The van der Waals surface area contributed by atoms with E-state index < -0.39 is 118 Å². The highest BCUT2D eigenvalue weighted by atomic mass is 16.8. The summed E-state index contributed by atoms with van der Waals surface area (Å²) in [6.07, 6.45) is -24.9. The highest BCUT2D eigenvalue weighted by molar-refractivity contribution is 5.73. The number of aliphatic hydroxyl groups is 10. The minimum absolute atomic E-state index is 0.0518. The molecule has 0 aromatic heterocycles. The van der Waals surface area contributed by atoms with Crippen LogP contribution in [0.2, 0.25) is 0 Å². The van der Waals surface area contributed by atoms with E-state index in [1.165, 1.54) is 0 Å². The summed E-state index contributed by atoms with van der Waals surface area (Å²) >= 11 is 0. The first-order valence-corrected chi connectivity index (χ1v) is 14.2. The van der Waals surface area contributed by atoms with Gasteiger partial charge < -0.3 is 95.9 Å². The highest BCUT2D eigenvalue weighted by Gasteiger charge is 2.54. The molecule has 3 aliphatic heterocycles. The van der Waals surface area contributed by atoms with Gasteiger partial charge in [0.05, 0.1) is 26.4 Å². The number of urea groups is 1. The predicted molar refractivity (Wildman–Crippen MR) is 140 cm³/mol. The van der Waals surface area contributed by atoms with Crippen molar-refractivity contribution < 1.29 is 84.3 Å². The van der Waals surface area contributed by atoms with Crippen molar-refractivity contribution in [1.29, 1.82) is 0 Å². The van der Waals surface area contributed by atoms with Crippen molar-refractivity contribution in [2.45, 2.75) is 98.5 Å². The molecule has 20 heteroatoms. The van der Waals surface area contributed by atoms with E-state index in [2.05, 4.69) is 10.6 Å². The molecule has 3 fully saturated rings. The summed E-state index contributed by atoms with van der Waals surface area (Å²) in [5, 5.41) is 107. The van der Waals surface area contributed by atoms with E-state index >= 15 is 0 Å². The van der Waals surface area contributed by atoms with Gasteiger partial charge in [-0.15, -0.1) is 0 Å². The van der Waals surface area contributed by atoms with Gasteiger partial charge in [0.1, 0.15) is 73.2 Å². The molecule has 6 unspecified atom stereocenters. The molecule has 3 aliphatic rings. The molecule has 0 saturated carbocycles. The maximum atomic E-state index is 11.9. The fraction of sp³-hybridized carbons (Fsp3) is 0.958. The van der Waals surface area contributed by atoms with Crippen LogP contribution in [-0.2, 0) is 28.4 Å². The van der Waals surface area contributed by atoms with Gasteiger partial charge in [-0.1, -0.05) is 0 Å². The standard InChI is InChI=1S/C24H45N3O17/c25-2-1-3-26-24(38)27-4-5-39-22-19(16(35)13(32)10(7-29)41-22)44-23-20(17(36)14(33)11(8-30)42-23)43-21-18(37)15(34)12(31)9(6-28)40-21/h9-23,28-37H,1-8,25H2,(H2,26,27,38)/t9?,10?,11?,12-,13-,14-,15+,16+,17+,18?,19?,20?,21+,22+,23-/m1/s1. The SMILES string of the molecule is NCCCNC(=O)NCCO[C@H]1OC(CO)[C@@H](O)[C@H](O)C1O[C@H]1OC(CO)[C@@H](O)[C@H](O)C1O[C@@H]1OC(CO)[C@@H](O)[C@H](O)C1O. The Hall–Kier alpha value is -1.41. The lowest BCUT2D eigenvalue weighted by atomic mass is 9.96. The van der Waals surface area contributed by atoms with Crippen molar-refractivity contribution in [2.75, 3.05) is 46.1 Å². The fourth-order valence-corrected chi connectivity index (χ4v) is 4.84. The molecule has 44 heavy (non-hydrogen) atoms. The third kappa shape index (κ3) is 8.89. The van der Waals surface area contributed by atoms with E-state index in [1.54, 1.807) is 0 Å². The molecule has 3 rings (SSSR count). The Balaban J connectivity index is 1.77. The van der Waals surface area contributed by atoms with Gasteiger partial charge in [0.15, 0.2) is 18.9 Å². The monoisotopic (exact) mass is 647 g/mol. The Morgan fingerprint density at radius 3 is 1.61 bits per heavy atom. The third-order valence-electron chi connectivity index (χ3n) is 7.42. The maximum Gasteiger partial charge on any atom is 0.314 e. The van der Waals surface area contributed by atoms with Crippen LogP contribution in [0.25, 0.3) is 0 Å². The number of carbonyl (C=O) groups excluding carboxylic acids is 1. The molecule has 3 heterocycles. The van der Waals surface area contributed by atoms with E-state index in [-0.39, 0.29) is 13.2 Å². The van der Waals surface area contributed by atoms with Gasteiger partial charge >= 0.3 is 6.03 Å². The second-order valence-electron chi connectivity index (χ2n) is 10.5. The Bertz CT molecular complexity index is 863. The van der Waals surface area contributed by atoms with Crippen molar-refractivity contribution in [3.05, 3.63) is 0 Å². The number of aliphatic hydroxyl groups excluding tert-OH is 10. The Morgan fingerprint density at radius 1 is 0.614 bits per heavy atom. The molecule has 0 spiro atoms. The minimum Gasteiger partial charge on any atom is -0.394 e. The summed E-state index contributed by atoms with van der Waals surface area (Å²) in [6.45, 7) is -1.87. The molecule has 0 radical (unpaired) electrons. The number of rotatable bonds is 14. The Morgan fingerprint density at radius 2 is 1.07 bits per heavy atom. The molecule has 20 nitrogen and oxygen atoms in total. The van der Waals surface area contributed by atoms with Crippen LogP contribution in [0.1, 0.15) is 6.42 Å². The summed E-state index contributed by atoms with van der Waals surface area (Å²) in [5.74, 6) is 0. The quantitative estimate of drug-likeness (QED) is 0.0778. The summed E-state index contributed by atoms with van der Waals surface area (Å²) in [7, 11) is 0. The molecule has 0 aliphatic carbocycles. The summed E-state index contributed by atoms with van der Waals surface area (Å²) in [5.41, 5.74) is 5.38. The van der Waals surface area contributed by atoms with Crippen LogP contribution >= 0.6 is 0 Å². The molecule has 0 bridgehead atoms. The second kappa shape index (κ2) is 17.5. The predicted octanol–water partition coefficient (Wildman–Crippen LogP) is -7.90. The van der Waals surface area contributed by atoms with Crippen molar-refractivity contribution in [1.82, 2.24) is 10.6 Å². The van der Waals surface area contributed by atoms with E-state index in [9.17, 15) is 55.9 Å². The smallest absolute Gasteiger partial charge is 0.314 e. The number of ether oxygens (including phenoxy) is 6. The first kappa shape index (κ1) is 37.1. The van der Waals surface area contributed by atoms with Crippen molar-refractivity contribution in [3.8, 4) is 0 Å². The van der Waals surface area contributed by atoms with Crippen LogP contribution < -0.4 is 16.4 Å². The lowest BCUT2D eigenvalue weighted by Gasteiger charge is -2.48. The number of amides is 2. The van der Waals surface area contributed by atoms with Crippen LogP contribution in [0.15, 0.2) is 0 Å². The Labute approximate surface area is 251 Å². The van der Waals surface area contributed by atoms with Gasteiger partial charge in [0.25, 0.3) is 0 Å². The van der Waals surface area contributed by atoms with Crippen LogP contribution in [0.5, 0.6) is 0 Å². The summed E-state index contributed by atoms with van der Waals surface area (Å²) in [6, 6.07) is -0.505. The second-order valence-corrected chi connectivity index (χ2v) is 10.5. The normalized spacial score (nSPS) is 43.0. The third-order valence-corrected chi connectivity index (χ3v) is 7.42. The Kier molecular flexibility index (Phi) is 14.7. The average Bonchev–Trinajstić information content (AvgIpc) is 3.01. The first-order valence-electron chi connectivity index (χ1n) is 14.2. The largest absolute Gasteiger partial charge is 0.394 e. The average molecular weight is 648 g/mol. The fourth-order valence-electron chi connectivity index (χ4n) is 4.84. The van der Waals surface area contributed by atoms with E-state index in [0.29, 0.717) is 19.5 Å². The summed E-state index contributed by atoms with van der Waals surface area (Å²) < 4.78 is 33.5. The molecule has 258 valence electrons. The molecule has 0 aromatic carbocycles. The number of hydrogen-bond acceptors (Lipinski definition) is 18. The molecule has 2 amide bonds. The van der Waals surface area contributed by atoms with E-state index in [4.69, 9.17) is 34.2 Å². The molecule has 14 N–H and O–H groups in total.